The van der Waals surface area contributed by atoms with Crippen LogP contribution in [0.4, 0.5) is 0 Å². The van der Waals surface area contributed by atoms with Gasteiger partial charge in [-0.1, -0.05) is 44.2 Å². The van der Waals surface area contributed by atoms with Gasteiger partial charge in [-0.2, -0.15) is 0 Å². The highest BCUT2D eigenvalue weighted by molar-refractivity contribution is 5.87. The molecule has 0 saturated heterocycles. The summed E-state index contributed by atoms with van der Waals surface area (Å²) >= 11 is 0. The zero-order chi connectivity index (χ0) is 13.8. The number of benzene rings is 2. The third kappa shape index (κ3) is 3.48. The summed E-state index contributed by atoms with van der Waals surface area (Å²) in [5.41, 5.74) is 1.03. The Hall–Kier alpha value is -1.54. The van der Waals surface area contributed by atoms with Gasteiger partial charge in [-0.25, -0.2) is 0 Å². The van der Waals surface area contributed by atoms with Crippen molar-refractivity contribution in [3.63, 3.8) is 0 Å². The molecule has 0 aromatic heterocycles. The smallest absolute Gasteiger partial charge is 0.120 e. The fourth-order valence-corrected chi connectivity index (χ4v) is 2.32. The number of rotatable bonds is 5. The number of phenols is 1. The van der Waals surface area contributed by atoms with Crippen molar-refractivity contribution in [3.05, 3.63) is 42.0 Å². The van der Waals surface area contributed by atoms with Gasteiger partial charge in [0, 0.05) is 12.1 Å². The molecule has 0 saturated carbocycles. The second-order valence-electron chi connectivity index (χ2n) is 5.70. The second-order valence-corrected chi connectivity index (χ2v) is 5.70. The molecular formula is C17H23NO. The molecule has 0 aliphatic carbocycles. The summed E-state index contributed by atoms with van der Waals surface area (Å²) in [4.78, 5) is 2.28. The molecule has 2 nitrogen and oxygen atoms in total. The molecule has 2 heteroatoms. The van der Waals surface area contributed by atoms with Crippen LogP contribution >= 0.6 is 0 Å². The van der Waals surface area contributed by atoms with Crippen LogP contribution in [0.15, 0.2) is 36.4 Å². The average Bonchev–Trinajstić information content (AvgIpc) is 2.40. The summed E-state index contributed by atoms with van der Waals surface area (Å²) in [6.45, 7) is 6.33. The van der Waals surface area contributed by atoms with Crippen molar-refractivity contribution in [1.82, 2.24) is 4.90 Å². The number of hydrogen-bond donors (Lipinski definition) is 1. The summed E-state index contributed by atoms with van der Waals surface area (Å²) in [7, 11) is 2.11. The molecule has 0 heterocycles. The van der Waals surface area contributed by atoms with Crippen molar-refractivity contribution < 1.29 is 5.11 Å². The van der Waals surface area contributed by atoms with Crippen LogP contribution in [0.3, 0.4) is 0 Å². The van der Waals surface area contributed by atoms with Gasteiger partial charge in [-0.05, 0) is 42.8 Å². The summed E-state index contributed by atoms with van der Waals surface area (Å²) in [6, 6.07) is 12.0. The van der Waals surface area contributed by atoms with Gasteiger partial charge in [0.05, 0.1) is 0 Å². The monoisotopic (exact) mass is 257 g/mol. The lowest BCUT2D eigenvalue weighted by molar-refractivity contribution is 0.300. The minimum absolute atomic E-state index is 0.398. The minimum Gasteiger partial charge on any atom is -0.508 e. The Morgan fingerprint density at radius 1 is 1.11 bits per heavy atom. The number of nitrogens with zero attached hydrogens (tertiary/aromatic N) is 1. The number of hydrogen-bond acceptors (Lipinski definition) is 2. The molecule has 0 aliphatic rings. The second kappa shape index (κ2) is 6.07. The Kier molecular flexibility index (Phi) is 4.43. The summed E-state index contributed by atoms with van der Waals surface area (Å²) in [5, 5.41) is 12.4. The third-order valence-corrected chi connectivity index (χ3v) is 3.53. The number of fused-ring (bicyclic) bond motifs is 1. The van der Waals surface area contributed by atoms with Crippen LogP contribution in [0.5, 0.6) is 5.75 Å². The fourth-order valence-electron chi connectivity index (χ4n) is 2.32. The van der Waals surface area contributed by atoms with Crippen molar-refractivity contribution in [1.29, 1.82) is 0 Å². The highest BCUT2D eigenvalue weighted by Gasteiger charge is 2.09. The molecule has 0 aliphatic heterocycles. The van der Waals surface area contributed by atoms with Crippen LogP contribution in [0.2, 0.25) is 0 Å². The largest absolute Gasteiger partial charge is 0.508 e. The third-order valence-electron chi connectivity index (χ3n) is 3.53. The van der Waals surface area contributed by atoms with Gasteiger partial charge in [0.1, 0.15) is 5.75 Å². The van der Waals surface area contributed by atoms with Crippen LogP contribution in [0, 0.1) is 5.92 Å². The maximum absolute atomic E-state index is 10.1. The quantitative estimate of drug-likeness (QED) is 0.874. The minimum atomic E-state index is 0.398. The first-order valence-corrected chi connectivity index (χ1v) is 6.96. The lowest BCUT2D eigenvalue weighted by Crippen LogP contribution is -2.20. The van der Waals surface area contributed by atoms with E-state index in [1.165, 1.54) is 11.8 Å². The van der Waals surface area contributed by atoms with Crippen LogP contribution in [-0.4, -0.2) is 23.6 Å². The van der Waals surface area contributed by atoms with Crippen molar-refractivity contribution >= 4 is 10.8 Å². The molecule has 0 spiro atoms. The van der Waals surface area contributed by atoms with E-state index in [1.54, 1.807) is 6.07 Å². The highest BCUT2D eigenvalue weighted by Crippen LogP contribution is 2.28. The normalized spacial score (nSPS) is 11.6. The van der Waals surface area contributed by atoms with Crippen molar-refractivity contribution in [3.8, 4) is 5.75 Å². The van der Waals surface area contributed by atoms with E-state index in [9.17, 15) is 5.11 Å². The molecule has 19 heavy (non-hydrogen) atoms. The Labute approximate surface area is 115 Å². The van der Waals surface area contributed by atoms with Crippen LogP contribution in [0.25, 0.3) is 10.8 Å². The van der Waals surface area contributed by atoms with E-state index in [-0.39, 0.29) is 0 Å². The summed E-state index contributed by atoms with van der Waals surface area (Å²) in [5.74, 6) is 1.11. The van der Waals surface area contributed by atoms with E-state index in [0.29, 0.717) is 11.7 Å². The molecule has 0 amide bonds. The molecule has 0 bridgehead atoms. The molecule has 0 atom stereocenters. The van der Waals surface area contributed by atoms with Gasteiger partial charge in [0.25, 0.3) is 0 Å². The predicted molar refractivity (Wildman–Crippen MR) is 81.4 cm³/mol. The first-order chi connectivity index (χ1) is 9.08. The van der Waals surface area contributed by atoms with Crippen LogP contribution in [-0.2, 0) is 6.54 Å². The zero-order valence-corrected chi connectivity index (χ0v) is 12.1. The Morgan fingerprint density at radius 3 is 2.58 bits per heavy atom. The van der Waals surface area contributed by atoms with E-state index < -0.39 is 0 Å². The SMILES string of the molecule is CC(C)CCN(C)Cc1c(O)ccc2ccccc12. The first kappa shape index (κ1) is 13.9. The van der Waals surface area contributed by atoms with Gasteiger partial charge in [0.2, 0.25) is 0 Å². The molecule has 0 radical (unpaired) electrons. The summed E-state index contributed by atoms with van der Waals surface area (Å²) < 4.78 is 0. The van der Waals surface area contributed by atoms with Gasteiger partial charge in [-0.15, -0.1) is 0 Å². The zero-order valence-electron chi connectivity index (χ0n) is 12.1. The molecule has 2 rings (SSSR count). The van der Waals surface area contributed by atoms with Crippen molar-refractivity contribution in [2.75, 3.05) is 13.6 Å². The lowest BCUT2D eigenvalue weighted by atomic mass is 10.0. The Balaban J connectivity index is 2.21. The van der Waals surface area contributed by atoms with Crippen molar-refractivity contribution in [2.24, 2.45) is 5.92 Å². The van der Waals surface area contributed by atoms with E-state index in [0.717, 1.165) is 24.0 Å². The van der Waals surface area contributed by atoms with Gasteiger partial charge >= 0.3 is 0 Å². The lowest BCUT2D eigenvalue weighted by Gasteiger charge is -2.19. The predicted octanol–water partition coefficient (Wildman–Crippen LogP) is 4.02. The Bertz CT molecular complexity index is 548. The van der Waals surface area contributed by atoms with Gasteiger partial charge in [-0.3, -0.25) is 0 Å². The Morgan fingerprint density at radius 2 is 1.84 bits per heavy atom. The van der Waals surface area contributed by atoms with Crippen molar-refractivity contribution in [2.45, 2.75) is 26.8 Å². The van der Waals surface area contributed by atoms with Gasteiger partial charge in [0.15, 0.2) is 0 Å². The van der Waals surface area contributed by atoms with Crippen LogP contribution in [0.1, 0.15) is 25.8 Å². The van der Waals surface area contributed by atoms with E-state index in [1.807, 2.05) is 18.2 Å². The van der Waals surface area contributed by atoms with E-state index in [4.69, 9.17) is 0 Å². The van der Waals surface area contributed by atoms with E-state index >= 15 is 0 Å². The molecule has 2 aromatic carbocycles. The molecule has 102 valence electrons. The van der Waals surface area contributed by atoms with Crippen LogP contribution < -0.4 is 0 Å². The average molecular weight is 257 g/mol. The summed E-state index contributed by atoms with van der Waals surface area (Å²) in [6.07, 6.45) is 1.18. The van der Waals surface area contributed by atoms with E-state index in [2.05, 4.69) is 37.9 Å². The molecular weight excluding hydrogens is 234 g/mol. The standard InChI is InChI=1S/C17H23NO/c1-13(2)10-11-18(3)12-16-15-7-5-4-6-14(15)8-9-17(16)19/h4-9,13,19H,10-12H2,1-3H3. The maximum Gasteiger partial charge on any atom is 0.120 e. The first-order valence-electron chi connectivity index (χ1n) is 6.96. The molecule has 0 unspecified atom stereocenters. The number of phenolic OH excluding ortho intramolecular Hbond substituents is 1. The molecule has 0 fully saturated rings. The maximum atomic E-state index is 10.1. The molecule has 2 aromatic rings. The topological polar surface area (TPSA) is 23.5 Å². The fraction of sp³-hybridized carbons (Fsp3) is 0.412. The number of aromatic hydroxyl groups is 1. The highest BCUT2D eigenvalue weighted by atomic mass is 16.3. The van der Waals surface area contributed by atoms with Gasteiger partial charge < -0.3 is 10.0 Å². The molecule has 1 N–H and O–H groups in total.